The zero-order chi connectivity index (χ0) is 15.5. The standard InChI is InChI=1S/C13H22FN3O2S/c1-9-8-11(14)12(15)10(2)13(9)20(18,19)16-6-5-7-17(3)4/h8,16H,5-7,15H2,1-4H3. The molecule has 1 rings (SSSR count). The highest BCUT2D eigenvalue weighted by Gasteiger charge is 2.22. The van der Waals surface area contributed by atoms with Crippen LogP contribution in [0.25, 0.3) is 0 Å². The van der Waals surface area contributed by atoms with Crippen LogP contribution >= 0.6 is 0 Å². The fourth-order valence-corrected chi connectivity index (χ4v) is 3.57. The van der Waals surface area contributed by atoms with Crippen LogP contribution in [0.1, 0.15) is 17.5 Å². The summed E-state index contributed by atoms with van der Waals surface area (Å²) in [7, 11) is 0.166. The molecule has 114 valence electrons. The number of nitrogens with zero attached hydrogens (tertiary/aromatic N) is 1. The summed E-state index contributed by atoms with van der Waals surface area (Å²) >= 11 is 0. The van der Waals surface area contributed by atoms with Gasteiger partial charge in [-0.1, -0.05) is 0 Å². The lowest BCUT2D eigenvalue weighted by atomic mass is 10.1. The van der Waals surface area contributed by atoms with Crippen molar-refractivity contribution in [2.75, 3.05) is 32.9 Å². The molecular weight excluding hydrogens is 281 g/mol. The topological polar surface area (TPSA) is 75.4 Å². The molecule has 0 heterocycles. The molecule has 0 bridgehead atoms. The second-order valence-corrected chi connectivity index (χ2v) is 6.80. The first kappa shape index (κ1) is 16.9. The van der Waals surface area contributed by atoms with Crippen LogP contribution in [0, 0.1) is 19.7 Å². The molecule has 0 saturated heterocycles. The van der Waals surface area contributed by atoms with E-state index in [-0.39, 0.29) is 16.1 Å². The Morgan fingerprint density at radius 2 is 1.95 bits per heavy atom. The van der Waals surface area contributed by atoms with Crippen LogP contribution in [0.3, 0.4) is 0 Å². The van der Waals surface area contributed by atoms with Gasteiger partial charge in [0.2, 0.25) is 10.0 Å². The van der Waals surface area contributed by atoms with E-state index in [0.29, 0.717) is 18.5 Å². The van der Waals surface area contributed by atoms with Gasteiger partial charge in [-0.05, 0) is 58.1 Å². The van der Waals surface area contributed by atoms with Crippen molar-refractivity contribution in [3.8, 4) is 0 Å². The number of aryl methyl sites for hydroxylation is 1. The minimum Gasteiger partial charge on any atom is -0.396 e. The maximum absolute atomic E-state index is 13.5. The molecule has 3 N–H and O–H groups in total. The molecule has 0 amide bonds. The van der Waals surface area contributed by atoms with E-state index in [1.54, 1.807) is 6.92 Å². The molecule has 0 radical (unpaired) electrons. The molecule has 0 saturated carbocycles. The summed E-state index contributed by atoms with van der Waals surface area (Å²) in [4.78, 5) is 2.04. The van der Waals surface area contributed by atoms with Crippen molar-refractivity contribution in [2.45, 2.75) is 25.2 Å². The van der Waals surface area contributed by atoms with Gasteiger partial charge in [0, 0.05) is 6.54 Å². The summed E-state index contributed by atoms with van der Waals surface area (Å²) in [5, 5.41) is 0. The average Bonchev–Trinajstić information content (AvgIpc) is 2.31. The van der Waals surface area contributed by atoms with E-state index < -0.39 is 15.8 Å². The third kappa shape index (κ3) is 3.91. The Balaban J connectivity index is 2.96. The highest BCUT2D eigenvalue weighted by molar-refractivity contribution is 7.89. The van der Waals surface area contributed by atoms with Gasteiger partial charge in [-0.25, -0.2) is 17.5 Å². The van der Waals surface area contributed by atoms with Gasteiger partial charge in [0.1, 0.15) is 5.82 Å². The smallest absolute Gasteiger partial charge is 0.241 e. The van der Waals surface area contributed by atoms with E-state index in [9.17, 15) is 12.8 Å². The van der Waals surface area contributed by atoms with Crippen molar-refractivity contribution in [3.05, 3.63) is 23.0 Å². The summed E-state index contributed by atoms with van der Waals surface area (Å²) in [5.41, 5.74) is 6.06. The van der Waals surface area contributed by atoms with E-state index in [1.165, 1.54) is 6.92 Å². The molecular formula is C13H22FN3O2S. The van der Waals surface area contributed by atoms with Crippen molar-refractivity contribution in [1.82, 2.24) is 9.62 Å². The van der Waals surface area contributed by atoms with Gasteiger partial charge in [0.25, 0.3) is 0 Å². The molecule has 0 spiro atoms. The summed E-state index contributed by atoms with van der Waals surface area (Å²) in [6, 6.07) is 1.15. The van der Waals surface area contributed by atoms with Gasteiger partial charge in [0.15, 0.2) is 0 Å². The van der Waals surface area contributed by atoms with E-state index in [1.807, 2.05) is 19.0 Å². The van der Waals surface area contributed by atoms with E-state index >= 15 is 0 Å². The number of rotatable bonds is 6. The molecule has 20 heavy (non-hydrogen) atoms. The first-order valence-electron chi connectivity index (χ1n) is 6.36. The number of hydrogen-bond donors (Lipinski definition) is 2. The molecule has 5 nitrogen and oxygen atoms in total. The zero-order valence-electron chi connectivity index (χ0n) is 12.3. The normalized spacial score (nSPS) is 12.1. The minimum absolute atomic E-state index is 0.0706. The van der Waals surface area contributed by atoms with Crippen LogP contribution in [0.4, 0.5) is 10.1 Å². The summed E-state index contributed by atoms with van der Waals surface area (Å²) in [6.45, 7) is 4.19. The fraction of sp³-hybridized carbons (Fsp3) is 0.538. The van der Waals surface area contributed by atoms with Crippen LogP contribution in [-0.2, 0) is 10.0 Å². The lowest BCUT2D eigenvalue weighted by Crippen LogP contribution is -2.28. The number of anilines is 1. The molecule has 0 aliphatic rings. The van der Waals surface area contributed by atoms with Crippen molar-refractivity contribution in [3.63, 3.8) is 0 Å². The van der Waals surface area contributed by atoms with Gasteiger partial charge < -0.3 is 10.6 Å². The van der Waals surface area contributed by atoms with Crippen molar-refractivity contribution >= 4 is 15.7 Å². The Bertz CT molecular complexity index is 586. The maximum atomic E-state index is 13.5. The minimum atomic E-state index is -3.67. The Morgan fingerprint density at radius 1 is 1.35 bits per heavy atom. The average molecular weight is 303 g/mol. The Morgan fingerprint density at radius 3 is 2.50 bits per heavy atom. The monoisotopic (exact) mass is 303 g/mol. The first-order valence-corrected chi connectivity index (χ1v) is 7.84. The van der Waals surface area contributed by atoms with Crippen molar-refractivity contribution < 1.29 is 12.8 Å². The van der Waals surface area contributed by atoms with Gasteiger partial charge in [0.05, 0.1) is 10.6 Å². The van der Waals surface area contributed by atoms with Gasteiger partial charge in [-0.3, -0.25) is 0 Å². The third-order valence-electron chi connectivity index (χ3n) is 3.05. The number of nitrogens with one attached hydrogen (secondary N) is 1. The molecule has 0 fully saturated rings. The number of sulfonamides is 1. The number of hydrogen-bond acceptors (Lipinski definition) is 4. The molecule has 0 aromatic heterocycles. The van der Waals surface area contributed by atoms with Crippen LogP contribution in [0.2, 0.25) is 0 Å². The Labute approximate surface area is 120 Å². The van der Waals surface area contributed by atoms with Gasteiger partial charge in [-0.15, -0.1) is 0 Å². The highest BCUT2D eigenvalue weighted by Crippen LogP contribution is 2.27. The second kappa shape index (κ2) is 6.51. The lowest BCUT2D eigenvalue weighted by molar-refractivity contribution is 0.400. The number of nitrogens with two attached hydrogens (primary N) is 1. The lowest BCUT2D eigenvalue weighted by Gasteiger charge is -2.15. The zero-order valence-corrected chi connectivity index (χ0v) is 13.1. The Kier molecular flexibility index (Phi) is 5.50. The van der Waals surface area contributed by atoms with Crippen LogP contribution < -0.4 is 10.5 Å². The van der Waals surface area contributed by atoms with E-state index in [4.69, 9.17) is 5.73 Å². The van der Waals surface area contributed by atoms with E-state index in [0.717, 1.165) is 12.6 Å². The predicted molar refractivity (Wildman–Crippen MR) is 78.6 cm³/mol. The summed E-state index contributed by atoms with van der Waals surface area (Å²) in [6.07, 6.45) is 0.695. The summed E-state index contributed by atoms with van der Waals surface area (Å²) < 4.78 is 40.5. The molecule has 1 aromatic rings. The SMILES string of the molecule is Cc1cc(F)c(N)c(C)c1S(=O)(=O)NCCCN(C)C. The fourth-order valence-electron chi connectivity index (χ4n) is 2.02. The van der Waals surface area contributed by atoms with E-state index in [2.05, 4.69) is 4.72 Å². The number of halogens is 1. The first-order chi connectivity index (χ1) is 9.16. The van der Waals surface area contributed by atoms with Crippen LogP contribution in [0.5, 0.6) is 0 Å². The second-order valence-electron chi connectivity index (χ2n) is 5.10. The quantitative estimate of drug-likeness (QED) is 0.613. The molecule has 7 heteroatoms. The number of nitrogen functional groups attached to an aromatic ring is 1. The van der Waals surface area contributed by atoms with Crippen molar-refractivity contribution in [2.24, 2.45) is 0 Å². The number of benzene rings is 1. The van der Waals surface area contributed by atoms with Crippen LogP contribution in [-0.4, -0.2) is 40.5 Å². The predicted octanol–water partition coefficient (Wildman–Crippen LogP) is 1.25. The summed E-state index contributed by atoms with van der Waals surface area (Å²) in [5.74, 6) is -0.591. The van der Waals surface area contributed by atoms with Crippen molar-refractivity contribution in [1.29, 1.82) is 0 Å². The molecule has 0 unspecified atom stereocenters. The molecule has 0 atom stereocenters. The maximum Gasteiger partial charge on any atom is 0.241 e. The Hall–Kier alpha value is -1.18. The third-order valence-corrected chi connectivity index (χ3v) is 4.80. The van der Waals surface area contributed by atoms with Crippen LogP contribution in [0.15, 0.2) is 11.0 Å². The molecule has 0 aliphatic carbocycles. The van der Waals surface area contributed by atoms with Gasteiger partial charge in [-0.2, -0.15) is 0 Å². The molecule has 1 aromatic carbocycles. The highest BCUT2D eigenvalue weighted by atomic mass is 32.2. The largest absolute Gasteiger partial charge is 0.396 e. The van der Waals surface area contributed by atoms with Gasteiger partial charge >= 0.3 is 0 Å². The molecule has 0 aliphatic heterocycles.